The zero-order chi connectivity index (χ0) is 22.9. The number of benzene rings is 2. The Balaban J connectivity index is 1.82. The predicted molar refractivity (Wildman–Crippen MR) is 116 cm³/mol. The molecular formula is C24H23FN2O5. The van der Waals surface area contributed by atoms with Crippen molar-refractivity contribution in [3.63, 3.8) is 0 Å². The predicted octanol–water partition coefficient (Wildman–Crippen LogP) is 3.24. The third kappa shape index (κ3) is 3.84. The highest BCUT2D eigenvalue weighted by atomic mass is 19.1. The van der Waals surface area contributed by atoms with E-state index in [0.717, 1.165) is 6.42 Å². The highest BCUT2D eigenvalue weighted by Gasteiger charge is 2.43. The summed E-state index contributed by atoms with van der Waals surface area (Å²) in [5, 5.41) is 11.1. The third-order valence-corrected chi connectivity index (χ3v) is 6.00. The Morgan fingerprint density at radius 3 is 2.38 bits per heavy atom. The van der Waals surface area contributed by atoms with Crippen LogP contribution < -0.4 is 11.3 Å². The van der Waals surface area contributed by atoms with E-state index in [0.29, 0.717) is 23.9 Å². The monoisotopic (exact) mass is 438 g/mol. The van der Waals surface area contributed by atoms with Gasteiger partial charge in [-0.25, -0.2) is 9.18 Å². The van der Waals surface area contributed by atoms with E-state index in [1.54, 1.807) is 24.3 Å². The number of nitrogens with zero attached hydrogens (tertiary/aromatic N) is 1. The van der Waals surface area contributed by atoms with E-state index in [9.17, 15) is 23.9 Å². The van der Waals surface area contributed by atoms with Gasteiger partial charge < -0.3 is 20.1 Å². The van der Waals surface area contributed by atoms with Crippen LogP contribution in [0.3, 0.4) is 0 Å². The Bertz CT molecular complexity index is 1240. The number of rotatable bonds is 5. The molecule has 0 saturated heterocycles. The second-order valence-corrected chi connectivity index (χ2v) is 8.07. The lowest BCUT2D eigenvalue weighted by Crippen LogP contribution is -2.49. The van der Waals surface area contributed by atoms with E-state index < -0.39 is 40.2 Å². The van der Waals surface area contributed by atoms with E-state index in [2.05, 4.69) is 0 Å². The van der Waals surface area contributed by atoms with Crippen LogP contribution in [0.4, 0.5) is 4.39 Å². The van der Waals surface area contributed by atoms with E-state index in [-0.39, 0.29) is 24.8 Å². The van der Waals surface area contributed by atoms with Gasteiger partial charge in [0, 0.05) is 5.39 Å². The fourth-order valence-electron chi connectivity index (χ4n) is 4.25. The summed E-state index contributed by atoms with van der Waals surface area (Å²) in [6.45, 7) is 0.0428. The Hall–Kier alpha value is -3.68. The van der Waals surface area contributed by atoms with Gasteiger partial charge in [0.15, 0.2) is 11.2 Å². The van der Waals surface area contributed by atoms with Crippen LogP contribution in [0, 0.1) is 5.82 Å². The SMILES string of the molecule is NC(=O)C1(OC(=O)c2c(O)c3ccccc3n(Cc3ccc(F)cc3)c2=O)CCCCC1. The number of carbonyl (C=O) groups is 2. The zero-order valence-corrected chi connectivity index (χ0v) is 17.3. The minimum Gasteiger partial charge on any atom is -0.506 e. The summed E-state index contributed by atoms with van der Waals surface area (Å²) in [5.74, 6) is -2.78. The summed E-state index contributed by atoms with van der Waals surface area (Å²) in [5.41, 5.74) is 3.75. The molecule has 2 aromatic carbocycles. The number of hydrogen-bond donors (Lipinski definition) is 2. The fourth-order valence-corrected chi connectivity index (χ4v) is 4.25. The maximum atomic E-state index is 13.3. The van der Waals surface area contributed by atoms with Crippen molar-refractivity contribution < 1.29 is 23.8 Å². The van der Waals surface area contributed by atoms with Crippen molar-refractivity contribution in [2.24, 2.45) is 5.73 Å². The highest BCUT2D eigenvalue weighted by molar-refractivity contribution is 6.01. The van der Waals surface area contributed by atoms with Crippen molar-refractivity contribution in [3.05, 3.63) is 75.8 Å². The summed E-state index contributed by atoms with van der Waals surface area (Å²) >= 11 is 0. The normalized spacial score (nSPS) is 15.4. The second kappa shape index (κ2) is 8.45. The summed E-state index contributed by atoms with van der Waals surface area (Å²) in [6, 6.07) is 12.2. The molecule has 4 rings (SSSR count). The minimum absolute atomic E-state index is 0.0428. The van der Waals surface area contributed by atoms with Crippen LogP contribution in [0.1, 0.15) is 48.0 Å². The number of ether oxygens (including phenoxy) is 1. The number of hydrogen-bond acceptors (Lipinski definition) is 5. The minimum atomic E-state index is -1.50. The van der Waals surface area contributed by atoms with Crippen LogP contribution in [0.15, 0.2) is 53.3 Å². The first-order valence-electron chi connectivity index (χ1n) is 10.4. The first-order valence-corrected chi connectivity index (χ1v) is 10.4. The summed E-state index contributed by atoms with van der Waals surface area (Å²) < 4.78 is 20.1. The molecule has 0 bridgehead atoms. The Morgan fingerprint density at radius 1 is 1.06 bits per heavy atom. The van der Waals surface area contributed by atoms with Crippen molar-refractivity contribution in [3.8, 4) is 5.75 Å². The van der Waals surface area contributed by atoms with Crippen LogP contribution in [0.2, 0.25) is 0 Å². The quantitative estimate of drug-likeness (QED) is 0.594. The molecule has 0 atom stereocenters. The molecule has 0 radical (unpaired) electrons. The molecule has 166 valence electrons. The van der Waals surface area contributed by atoms with E-state index >= 15 is 0 Å². The van der Waals surface area contributed by atoms with Crippen LogP contribution in [-0.2, 0) is 16.1 Å². The number of amides is 1. The molecule has 1 saturated carbocycles. The molecule has 1 fully saturated rings. The molecule has 1 aliphatic carbocycles. The lowest BCUT2D eigenvalue weighted by atomic mass is 9.84. The molecule has 32 heavy (non-hydrogen) atoms. The lowest BCUT2D eigenvalue weighted by molar-refractivity contribution is -0.140. The van der Waals surface area contributed by atoms with Crippen molar-refractivity contribution in [1.82, 2.24) is 4.57 Å². The largest absolute Gasteiger partial charge is 0.506 e. The molecule has 3 aromatic rings. The number of aromatic hydroxyl groups is 1. The average molecular weight is 438 g/mol. The van der Waals surface area contributed by atoms with Crippen molar-refractivity contribution >= 4 is 22.8 Å². The molecule has 3 N–H and O–H groups in total. The second-order valence-electron chi connectivity index (χ2n) is 8.07. The number of pyridine rings is 1. The molecule has 0 spiro atoms. The Labute approximate surface area is 183 Å². The number of esters is 1. The van der Waals surface area contributed by atoms with Crippen molar-refractivity contribution in [2.75, 3.05) is 0 Å². The molecule has 1 amide bonds. The van der Waals surface area contributed by atoms with E-state index in [1.807, 2.05) is 0 Å². The van der Waals surface area contributed by atoms with Gasteiger partial charge in [0.25, 0.3) is 11.5 Å². The maximum Gasteiger partial charge on any atom is 0.348 e. The number of carbonyl (C=O) groups excluding carboxylic acids is 2. The third-order valence-electron chi connectivity index (χ3n) is 6.00. The van der Waals surface area contributed by atoms with Gasteiger partial charge in [-0.2, -0.15) is 0 Å². The van der Waals surface area contributed by atoms with Gasteiger partial charge in [-0.1, -0.05) is 30.7 Å². The topological polar surface area (TPSA) is 112 Å². The van der Waals surface area contributed by atoms with E-state index in [1.165, 1.54) is 28.8 Å². The van der Waals surface area contributed by atoms with Crippen molar-refractivity contribution in [2.45, 2.75) is 44.2 Å². The first-order chi connectivity index (χ1) is 15.3. The summed E-state index contributed by atoms with van der Waals surface area (Å²) in [7, 11) is 0. The highest BCUT2D eigenvalue weighted by Crippen LogP contribution is 2.34. The molecule has 0 aliphatic heterocycles. The van der Waals surface area contributed by atoms with Gasteiger partial charge in [-0.15, -0.1) is 0 Å². The van der Waals surface area contributed by atoms with Crippen molar-refractivity contribution in [1.29, 1.82) is 0 Å². The van der Waals surface area contributed by atoms with Gasteiger partial charge in [0.2, 0.25) is 0 Å². The van der Waals surface area contributed by atoms with Crippen LogP contribution in [0.25, 0.3) is 10.9 Å². The fraction of sp³-hybridized carbons (Fsp3) is 0.292. The molecule has 1 heterocycles. The Morgan fingerprint density at radius 2 is 1.72 bits per heavy atom. The molecule has 1 aliphatic rings. The maximum absolute atomic E-state index is 13.3. The van der Waals surface area contributed by atoms with Gasteiger partial charge in [0.1, 0.15) is 11.6 Å². The number of halogens is 1. The lowest BCUT2D eigenvalue weighted by Gasteiger charge is -2.33. The summed E-state index contributed by atoms with van der Waals surface area (Å²) in [4.78, 5) is 38.6. The Kier molecular flexibility index (Phi) is 5.69. The van der Waals surface area contributed by atoms with Crippen LogP contribution in [-0.4, -0.2) is 27.2 Å². The van der Waals surface area contributed by atoms with E-state index in [4.69, 9.17) is 10.5 Å². The average Bonchev–Trinajstić information content (AvgIpc) is 2.78. The van der Waals surface area contributed by atoms with Crippen LogP contribution >= 0.6 is 0 Å². The first kappa shape index (κ1) is 21.5. The van der Waals surface area contributed by atoms with Gasteiger partial charge in [0.05, 0.1) is 12.1 Å². The molecular weight excluding hydrogens is 415 g/mol. The molecule has 7 nitrogen and oxygen atoms in total. The number of para-hydroxylation sites is 1. The van der Waals surface area contributed by atoms with Crippen LogP contribution in [0.5, 0.6) is 5.75 Å². The smallest absolute Gasteiger partial charge is 0.348 e. The molecule has 8 heteroatoms. The van der Waals surface area contributed by atoms with Gasteiger partial charge >= 0.3 is 5.97 Å². The standard InChI is InChI=1S/C24H23FN2O5/c25-16-10-8-15(9-11-16)14-27-18-7-3-2-6-17(18)20(28)19(21(27)29)22(30)32-24(23(26)31)12-4-1-5-13-24/h2-3,6-11,28H,1,4-5,12-14H2,(H2,26,31). The molecule has 0 unspecified atom stereocenters. The number of fused-ring (bicyclic) bond motifs is 1. The molecule has 1 aromatic heterocycles. The van der Waals surface area contributed by atoms with Gasteiger partial charge in [-0.05, 0) is 55.5 Å². The number of aromatic nitrogens is 1. The van der Waals surface area contributed by atoms with Gasteiger partial charge in [-0.3, -0.25) is 9.59 Å². The summed E-state index contributed by atoms with van der Waals surface area (Å²) in [6.07, 6.45) is 2.75. The number of primary amides is 1. The number of nitrogens with two attached hydrogens (primary N) is 1. The zero-order valence-electron chi connectivity index (χ0n) is 17.3.